The van der Waals surface area contributed by atoms with Crippen molar-refractivity contribution >= 4 is 38.1 Å². The first-order chi connectivity index (χ1) is 14.9. The third-order valence-corrected chi connectivity index (χ3v) is 7.66. The second kappa shape index (κ2) is 10.9. The lowest BCUT2D eigenvalue weighted by atomic mass is 9.95. The van der Waals surface area contributed by atoms with Crippen LogP contribution in [0, 0.1) is 0 Å². The number of methoxy groups -OCH3 is 1. The quantitative estimate of drug-likeness (QED) is 0.433. The Labute approximate surface area is 191 Å². The summed E-state index contributed by atoms with van der Waals surface area (Å²) < 4.78 is 33.9. The average molecular weight is 508 g/mol. The van der Waals surface area contributed by atoms with Gasteiger partial charge in [0.25, 0.3) is 5.91 Å². The summed E-state index contributed by atoms with van der Waals surface area (Å²) in [4.78, 5) is 12.7. The van der Waals surface area contributed by atoms with Crippen molar-refractivity contribution in [3.05, 3.63) is 58.6 Å². The molecule has 1 fully saturated rings. The molecule has 7 nitrogen and oxygen atoms in total. The zero-order valence-electron chi connectivity index (χ0n) is 17.3. The Morgan fingerprint density at radius 1 is 1.13 bits per heavy atom. The SMILES string of the molecule is COc1ccc(/C=N\NC(=O)CN(C2CCCCC2)S(=O)(=O)c2ccc(Br)cc2)cc1. The highest BCUT2D eigenvalue weighted by molar-refractivity contribution is 9.10. The van der Waals surface area contributed by atoms with Gasteiger partial charge in [-0.15, -0.1) is 0 Å². The summed E-state index contributed by atoms with van der Waals surface area (Å²) in [6, 6.07) is 13.5. The van der Waals surface area contributed by atoms with Crippen molar-refractivity contribution < 1.29 is 17.9 Å². The number of halogens is 1. The van der Waals surface area contributed by atoms with Crippen LogP contribution in [0.15, 0.2) is 63.0 Å². The Bertz CT molecular complexity index is 1000. The average Bonchev–Trinajstić information content (AvgIpc) is 2.78. The van der Waals surface area contributed by atoms with Gasteiger partial charge in [0.15, 0.2) is 0 Å². The fraction of sp³-hybridized carbons (Fsp3) is 0.364. The molecule has 31 heavy (non-hydrogen) atoms. The van der Waals surface area contributed by atoms with Crippen LogP contribution in [0.25, 0.3) is 0 Å². The molecule has 0 atom stereocenters. The van der Waals surface area contributed by atoms with E-state index in [2.05, 4.69) is 26.5 Å². The summed E-state index contributed by atoms with van der Waals surface area (Å²) in [5.41, 5.74) is 3.23. The predicted molar refractivity (Wildman–Crippen MR) is 124 cm³/mol. The molecule has 0 bridgehead atoms. The van der Waals surface area contributed by atoms with Crippen molar-refractivity contribution in [2.75, 3.05) is 13.7 Å². The number of hydrogen-bond acceptors (Lipinski definition) is 5. The Hall–Kier alpha value is -2.23. The molecule has 1 amide bonds. The van der Waals surface area contributed by atoms with Gasteiger partial charge in [-0.1, -0.05) is 35.2 Å². The number of nitrogens with zero attached hydrogens (tertiary/aromatic N) is 2. The van der Waals surface area contributed by atoms with Crippen LogP contribution in [0.2, 0.25) is 0 Å². The van der Waals surface area contributed by atoms with Gasteiger partial charge in [-0.2, -0.15) is 9.41 Å². The number of ether oxygens (including phenoxy) is 1. The third kappa shape index (κ3) is 6.38. The van der Waals surface area contributed by atoms with Crippen LogP contribution in [0.4, 0.5) is 0 Å². The van der Waals surface area contributed by atoms with Crippen molar-refractivity contribution in [1.82, 2.24) is 9.73 Å². The van der Waals surface area contributed by atoms with E-state index in [9.17, 15) is 13.2 Å². The highest BCUT2D eigenvalue weighted by atomic mass is 79.9. The van der Waals surface area contributed by atoms with E-state index in [1.54, 1.807) is 55.6 Å². The van der Waals surface area contributed by atoms with Crippen LogP contribution < -0.4 is 10.2 Å². The van der Waals surface area contributed by atoms with Gasteiger partial charge in [0, 0.05) is 10.5 Å². The first kappa shape index (κ1) is 23.4. The van der Waals surface area contributed by atoms with Crippen LogP contribution in [0.3, 0.4) is 0 Å². The lowest BCUT2D eigenvalue weighted by Gasteiger charge is -2.32. The van der Waals surface area contributed by atoms with Crippen molar-refractivity contribution in [3.63, 3.8) is 0 Å². The molecule has 0 aromatic heterocycles. The number of amides is 1. The van der Waals surface area contributed by atoms with Crippen LogP contribution >= 0.6 is 15.9 Å². The number of carbonyl (C=O) groups excluding carboxylic acids is 1. The molecular formula is C22H26BrN3O4S. The maximum absolute atomic E-state index is 13.3. The second-order valence-electron chi connectivity index (χ2n) is 7.36. The van der Waals surface area contributed by atoms with Crippen molar-refractivity contribution in [1.29, 1.82) is 0 Å². The van der Waals surface area contributed by atoms with Crippen molar-refractivity contribution in [2.24, 2.45) is 5.10 Å². The number of hydrazone groups is 1. The van der Waals surface area contributed by atoms with Crippen LogP contribution in [0.1, 0.15) is 37.7 Å². The zero-order valence-corrected chi connectivity index (χ0v) is 19.7. The molecule has 0 heterocycles. The zero-order chi connectivity index (χ0) is 22.3. The maximum atomic E-state index is 13.3. The lowest BCUT2D eigenvalue weighted by molar-refractivity contribution is -0.121. The molecule has 9 heteroatoms. The van der Waals surface area contributed by atoms with Gasteiger partial charge in [-0.05, 0) is 66.9 Å². The molecule has 1 aliphatic rings. The van der Waals surface area contributed by atoms with E-state index < -0.39 is 15.9 Å². The van der Waals surface area contributed by atoms with E-state index in [-0.39, 0.29) is 17.5 Å². The number of carbonyl (C=O) groups is 1. The summed E-state index contributed by atoms with van der Waals surface area (Å²) in [5.74, 6) is 0.249. The lowest BCUT2D eigenvalue weighted by Crippen LogP contribution is -2.46. The van der Waals surface area contributed by atoms with E-state index >= 15 is 0 Å². The van der Waals surface area contributed by atoms with Gasteiger partial charge < -0.3 is 4.74 Å². The molecular weight excluding hydrogens is 482 g/mol. The molecule has 2 aromatic rings. The summed E-state index contributed by atoms with van der Waals surface area (Å²) in [6.07, 6.45) is 5.99. The van der Waals surface area contributed by atoms with E-state index in [1.807, 2.05) is 0 Å². The maximum Gasteiger partial charge on any atom is 0.255 e. The number of benzene rings is 2. The molecule has 0 spiro atoms. The van der Waals surface area contributed by atoms with E-state index in [4.69, 9.17) is 4.74 Å². The standard InChI is InChI=1S/C22H26BrN3O4S/c1-30-20-11-7-17(8-12-20)15-24-25-22(27)16-26(19-5-3-2-4-6-19)31(28,29)21-13-9-18(23)10-14-21/h7-15,19H,2-6,16H2,1H3,(H,25,27)/b24-15-. The highest BCUT2D eigenvalue weighted by Crippen LogP contribution is 2.28. The first-order valence-corrected chi connectivity index (χ1v) is 12.4. The summed E-state index contributed by atoms with van der Waals surface area (Å²) in [5, 5.41) is 3.97. The monoisotopic (exact) mass is 507 g/mol. The van der Waals surface area contributed by atoms with Crippen LogP contribution in [-0.2, 0) is 14.8 Å². The third-order valence-electron chi connectivity index (χ3n) is 5.22. The smallest absolute Gasteiger partial charge is 0.255 e. The molecule has 1 saturated carbocycles. The second-order valence-corrected chi connectivity index (χ2v) is 10.2. The van der Waals surface area contributed by atoms with E-state index in [0.717, 1.165) is 47.9 Å². The van der Waals surface area contributed by atoms with Gasteiger partial charge in [0.2, 0.25) is 10.0 Å². The summed E-state index contributed by atoms with van der Waals surface area (Å²) in [7, 11) is -2.22. The van der Waals surface area contributed by atoms with Gasteiger partial charge in [-0.3, -0.25) is 4.79 Å². The molecule has 0 radical (unpaired) electrons. The van der Waals surface area contributed by atoms with Crippen molar-refractivity contribution in [3.8, 4) is 5.75 Å². The normalized spacial score (nSPS) is 15.3. The van der Waals surface area contributed by atoms with Gasteiger partial charge in [0.05, 0.1) is 24.8 Å². The minimum atomic E-state index is -3.81. The Morgan fingerprint density at radius 3 is 2.39 bits per heavy atom. The van der Waals surface area contributed by atoms with Crippen molar-refractivity contribution in [2.45, 2.75) is 43.0 Å². The molecule has 2 aromatic carbocycles. The van der Waals surface area contributed by atoms with E-state index in [1.165, 1.54) is 10.5 Å². The van der Waals surface area contributed by atoms with Crippen LogP contribution in [-0.4, -0.2) is 44.5 Å². The minimum Gasteiger partial charge on any atom is -0.497 e. The van der Waals surface area contributed by atoms with Crippen LogP contribution in [0.5, 0.6) is 5.75 Å². The molecule has 0 aliphatic heterocycles. The first-order valence-electron chi connectivity index (χ1n) is 10.1. The molecule has 1 N–H and O–H groups in total. The predicted octanol–water partition coefficient (Wildman–Crippen LogP) is 3.93. The number of rotatable bonds is 8. The Morgan fingerprint density at radius 2 is 1.77 bits per heavy atom. The topological polar surface area (TPSA) is 88.1 Å². The molecule has 0 saturated heterocycles. The fourth-order valence-electron chi connectivity index (χ4n) is 3.57. The van der Waals surface area contributed by atoms with Gasteiger partial charge >= 0.3 is 0 Å². The molecule has 1 aliphatic carbocycles. The number of nitrogens with one attached hydrogen (secondary N) is 1. The molecule has 3 rings (SSSR count). The van der Waals surface area contributed by atoms with E-state index in [0.29, 0.717) is 0 Å². The Balaban J connectivity index is 1.72. The minimum absolute atomic E-state index is 0.177. The molecule has 166 valence electrons. The van der Waals surface area contributed by atoms with Gasteiger partial charge in [0.1, 0.15) is 5.75 Å². The fourth-order valence-corrected chi connectivity index (χ4v) is 5.47. The highest BCUT2D eigenvalue weighted by Gasteiger charge is 2.33. The number of hydrogen-bond donors (Lipinski definition) is 1. The number of sulfonamides is 1. The van der Waals surface area contributed by atoms with Gasteiger partial charge in [-0.25, -0.2) is 13.8 Å². The Kier molecular flexibility index (Phi) is 8.22. The summed E-state index contributed by atoms with van der Waals surface area (Å²) in [6.45, 7) is -0.275. The largest absolute Gasteiger partial charge is 0.497 e. The summed E-state index contributed by atoms with van der Waals surface area (Å²) >= 11 is 3.33. The molecule has 0 unspecified atom stereocenters.